The molecule has 1 aliphatic rings. The lowest BCUT2D eigenvalue weighted by molar-refractivity contribution is 0.0326. The van der Waals surface area contributed by atoms with Gasteiger partial charge in [-0.1, -0.05) is 42.5 Å². The molecule has 2 heteroatoms. The molecule has 3 aromatic carbocycles. The minimum atomic E-state index is -0.750. The van der Waals surface area contributed by atoms with Crippen LogP contribution in [0.1, 0.15) is 22.8 Å². The molecule has 100 valence electrons. The van der Waals surface area contributed by atoms with Crippen LogP contribution in [0.4, 0.5) is 0 Å². The van der Waals surface area contributed by atoms with Crippen molar-refractivity contribution in [2.75, 3.05) is 0 Å². The van der Waals surface area contributed by atoms with Gasteiger partial charge in [0.2, 0.25) is 0 Å². The Bertz CT molecular complexity index is 836. The molecule has 0 saturated carbocycles. The zero-order valence-electron chi connectivity index (χ0n) is 11.3. The summed E-state index contributed by atoms with van der Waals surface area (Å²) in [4.78, 5) is 0. The number of fused-ring (bicyclic) bond motifs is 5. The van der Waals surface area contributed by atoms with Crippen molar-refractivity contribution in [2.45, 2.75) is 25.6 Å². The van der Waals surface area contributed by atoms with Gasteiger partial charge in [0.05, 0.1) is 6.10 Å². The first-order valence-corrected chi connectivity index (χ1v) is 6.97. The first-order valence-electron chi connectivity index (χ1n) is 6.97. The fraction of sp³-hybridized carbons (Fsp3) is 0.222. The van der Waals surface area contributed by atoms with Crippen molar-refractivity contribution in [2.24, 2.45) is 0 Å². The average Bonchev–Trinajstić information content (AvgIpc) is 2.75. The van der Waals surface area contributed by atoms with Crippen LogP contribution in [-0.2, 0) is 6.42 Å². The van der Waals surface area contributed by atoms with Gasteiger partial charge >= 0.3 is 0 Å². The SMILES string of the molecule is Cc1cc2c(c3ccc4ccccc4c13)C[C@H](O)[C@@H]2O. The van der Waals surface area contributed by atoms with E-state index in [1.165, 1.54) is 16.2 Å². The van der Waals surface area contributed by atoms with Crippen molar-refractivity contribution < 1.29 is 10.2 Å². The number of hydrogen-bond acceptors (Lipinski definition) is 2. The van der Waals surface area contributed by atoms with Crippen LogP contribution in [0.5, 0.6) is 0 Å². The van der Waals surface area contributed by atoms with Gasteiger partial charge in [0.1, 0.15) is 6.10 Å². The Morgan fingerprint density at radius 1 is 1.00 bits per heavy atom. The van der Waals surface area contributed by atoms with Gasteiger partial charge < -0.3 is 10.2 Å². The Balaban J connectivity index is 2.18. The van der Waals surface area contributed by atoms with Crippen LogP contribution in [0.25, 0.3) is 21.5 Å². The van der Waals surface area contributed by atoms with Crippen molar-refractivity contribution in [3.8, 4) is 0 Å². The lowest BCUT2D eigenvalue weighted by atomic mass is 9.92. The van der Waals surface area contributed by atoms with Gasteiger partial charge in [0.15, 0.2) is 0 Å². The van der Waals surface area contributed by atoms with Crippen LogP contribution in [-0.4, -0.2) is 16.3 Å². The van der Waals surface area contributed by atoms with E-state index in [2.05, 4.69) is 37.3 Å². The summed E-state index contributed by atoms with van der Waals surface area (Å²) in [6.45, 7) is 2.08. The second-order valence-electron chi connectivity index (χ2n) is 5.69. The molecule has 0 fully saturated rings. The molecule has 0 saturated heterocycles. The predicted molar refractivity (Wildman–Crippen MR) is 80.9 cm³/mol. The van der Waals surface area contributed by atoms with Crippen LogP contribution in [0.15, 0.2) is 42.5 Å². The van der Waals surface area contributed by atoms with Gasteiger partial charge in [0.25, 0.3) is 0 Å². The van der Waals surface area contributed by atoms with Crippen LogP contribution < -0.4 is 0 Å². The van der Waals surface area contributed by atoms with E-state index in [-0.39, 0.29) is 0 Å². The highest BCUT2D eigenvalue weighted by Crippen LogP contribution is 2.40. The molecule has 0 bridgehead atoms. The molecule has 2 nitrogen and oxygen atoms in total. The first kappa shape index (κ1) is 11.9. The van der Waals surface area contributed by atoms with E-state index in [0.717, 1.165) is 22.1 Å². The molecule has 1 aliphatic carbocycles. The smallest absolute Gasteiger partial charge is 0.105 e. The summed E-state index contributed by atoms with van der Waals surface area (Å²) in [7, 11) is 0. The Kier molecular flexibility index (Phi) is 2.40. The van der Waals surface area contributed by atoms with Crippen molar-refractivity contribution in [1.29, 1.82) is 0 Å². The van der Waals surface area contributed by atoms with E-state index in [0.29, 0.717) is 6.42 Å². The van der Waals surface area contributed by atoms with E-state index in [4.69, 9.17) is 0 Å². The summed E-state index contributed by atoms with van der Waals surface area (Å²) < 4.78 is 0. The number of benzene rings is 3. The zero-order chi connectivity index (χ0) is 13.9. The maximum atomic E-state index is 10.1. The average molecular weight is 264 g/mol. The Morgan fingerprint density at radius 3 is 2.65 bits per heavy atom. The van der Waals surface area contributed by atoms with E-state index >= 15 is 0 Å². The fourth-order valence-electron chi connectivity index (χ4n) is 3.52. The van der Waals surface area contributed by atoms with Crippen LogP contribution in [0, 0.1) is 6.92 Å². The number of aliphatic hydroxyl groups excluding tert-OH is 2. The standard InChI is InChI=1S/C18H16O2/c1-10-8-15-14(9-16(19)18(15)20)13-7-6-11-4-2-3-5-12(11)17(10)13/h2-8,16,18-20H,9H2,1H3/t16-,18+/m0/s1. The zero-order valence-corrected chi connectivity index (χ0v) is 11.3. The molecule has 0 heterocycles. The maximum absolute atomic E-state index is 10.1. The largest absolute Gasteiger partial charge is 0.390 e. The van der Waals surface area contributed by atoms with Crippen molar-refractivity contribution in [3.63, 3.8) is 0 Å². The predicted octanol–water partition coefficient (Wildman–Crippen LogP) is 3.25. The normalized spacial score (nSPS) is 21.6. The Hall–Kier alpha value is -1.90. The second-order valence-corrected chi connectivity index (χ2v) is 5.69. The minimum Gasteiger partial charge on any atom is -0.390 e. The van der Waals surface area contributed by atoms with Gasteiger partial charge in [0, 0.05) is 6.42 Å². The van der Waals surface area contributed by atoms with Crippen molar-refractivity contribution >= 4 is 21.5 Å². The minimum absolute atomic E-state index is 0.533. The van der Waals surface area contributed by atoms with E-state index in [9.17, 15) is 10.2 Å². The van der Waals surface area contributed by atoms with E-state index in [1.807, 2.05) is 12.1 Å². The lowest BCUT2D eigenvalue weighted by Crippen LogP contribution is -2.11. The van der Waals surface area contributed by atoms with Gasteiger partial charge in [-0.15, -0.1) is 0 Å². The van der Waals surface area contributed by atoms with Gasteiger partial charge in [-0.25, -0.2) is 0 Å². The monoisotopic (exact) mass is 264 g/mol. The van der Waals surface area contributed by atoms with Gasteiger partial charge in [-0.05, 0) is 45.2 Å². The lowest BCUT2D eigenvalue weighted by Gasteiger charge is -2.13. The molecule has 0 spiro atoms. The first-order chi connectivity index (χ1) is 9.66. The quantitative estimate of drug-likeness (QED) is 0.612. The molecule has 0 aliphatic heterocycles. The molecule has 3 aromatic rings. The third-order valence-electron chi connectivity index (χ3n) is 4.47. The highest BCUT2D eigenvalue weighted by molar-refractivity contribution is 6.10. The third-order valence-corrected chi connectivity index (χ3v) is 4.47. The number of hydrogen-bond donors (Lipinski definition) is 2. The molecule has 0 radical (unpaired) electrons. The highest BCUT2D eigenvalue weighted by atomic mass is 16.3. The van der Waals surface area contributed by atoms with E-state index < -0.39 is 12.2 Å². The summed E-state index contributed by atoms with van der Waals surface area (Å²) in [5.74, 6) is 0. The summed E-state index contributed by atoms with van der Waals surface area (Å²) in [6, 6.07) is 14.6. The molecule has 20 heavy (non-hydrogen) atoms. The summed E-state index contributed by atoms with van der Waals surface area (Å²) in [5.41, 5.74) is 3.14. The van der Waals surface area contributed by atoms with Crippen molar-refractivity contribution in [1.82, 2.24) is 0 Å². The summed E-state index contributed by atoms with van der Waals surface area (Å²) >= 11 is 0. The van der Waals surface area contributed by atoms with Crippen LogP contribution in [0.3, 0.4) is 0 Å². The molecular formula is C18H16O2. The highest BCUT2D eigenvalue weighted by Gasteiger charge is 2.31. The molecule has 0 aromatic heterocycles. The molecule has 4 rings (SSSR count). The third kappa shape index (κ3) is 1.46. The fourth-order valence-corrected chi connectivity index (χ4v) is 3.52. The molecule has 2 N–H and O–H groups in total. The van der Waals surface area contributed by atoms with Crippen LogP contribution in [0.2, 0.25) is 0 Å². The molecule has 0 amide bonds. The van der Waals surface area contributed by atoms with E-state index in [1.54, 1.807) is 0 Å². The second kappa shape index (κ2) is 4.05. The number of aryl methyl sites for hydroxylation is 1. The van der Waals surface area contributed by atoms with Crippen LogP contribution >= 0.6 is 0 Å². The van der Waals surface area contributed by atoms with Gasteiger partial charge in [-0.3, -0.25) is 0 Å². The van der Waals surface area contributed by atoms with Gasteiger partial charge in [-0.2, -0.15) is 0 Å². The Labute approximate surface area is 117 Å². The molecule has 0 unspecified atom stereocenters. The topological polar surface area (TPSA) is 40.5 Å². The molecule has 2 atom stereocenters. The maximum Gasteiger partial charge on any atom is 0.105 e. The number of rotatable bonds is 0. The summed E-state index contributed by atoms with van der Waals surface area (Å²) in [5, 5.41) is 24.9. The van der Waals surface area contributed by atoms with Crippen molar-refractivity contribution in [3.05, 3.63) is 59.2 Å². The number of aliphatic hydroxyl groups is 2. The Morgan fingerprint density at radius 2 is 1.80 bits per heavy atom. The molecular weight excluding hydrogens is 248 g/mol. The summed E-state index contributed by atoms with van der Waals surface area (Å²) in [6.07, 6.45) is -0.896.